The molecule has 1 heterocycles. The minimum Gasteiger partial charge on any atom is -0.326 e. The van der Waals surface area contributed by atoms with E-state index in [1.807, 2.05) is 0 Å². The van der Waals surface area contributed by atoms with Gasteiger partial charge in [-0.3, -0.25) is 4.79 Å². The molecule has 1 saturated heterocycles. The van der Waals surface area contributed by atoms with E-state index in [9.17, 15) is 4.79 Å². The second kappa shape index (κ2) is 7.06. The molecule has 0 atom stereocenters. The van der Waals surface area contributed by atoms with E-state index < -0.39 is 0 Å². The number of rotatable bonds is 4. The van der Waals surface area contributed by atoms with Gasteiger partial charge in [-0.1, -0.05) is 13.0 Å². The highest BCUT2D eigenvalue weighted by Crippen LogP contribution is 2.16. The zero-order chi connectivity index (χ0) is 14.4. The summed E-state index contributed by atoms with van der Waals surface area (Å²) < 4.78 is 0. The minimum absolute atomic E-state index is 0.0127. The van der Waals surface area contributed by atoms with E-state index in [4.69, 9.17) is 5.26 Å². The van der Waals surface area contributed by atoms with E-state index in [1.165, 1.54) is 12.8 Å². The number of likely N-dealkylation sites (tertiary alicyclic amines) is 1. The van der Waals surface area contributed by atoms with E-state index in [1.54, 1.807) is 24.3 Å². The quantitative estimate of drug-likeness (QED) is 0.915. The Morgan fingerprint density at radius 2 is 2.20 bits per heavy atom. The first-order valence-electron chi connectivity index (χ1n) is 7.20. The Morgan fingerprint density at radius 3 is 2.90 bits per heavy atom. The molecule has 0 bridgehead atoms. The largest absolute Gasteiger partial charge is 0.326 e. The molecule has 4 heteroatoms. The Hall–Kier alpha value is -1.86. The van der Waals surface area contributed by atoms with Crippen LogP contribution in [0.15, 0.2) is 24.3 Å². The third kappa shape index (κ3) is 4.36. The van der Waals surface area contributed by atoms with E-state index in [-0.39, 0.29) is 5.91 Å². The van der Waals surface area contributed by atoms with Gasteiger partial charge < -0.3 is 10.2 Å². The molecule has 0 unspecified atom stereocenters. The van der Waals surface area contributed by atoms with Crippen LogP contribution >= 0.6 is 0 Å². The third-order valence-electron chi connectivity index (χ3n) is 3.81. The van der Waals surface area contributed by atoms with Gasteiger partial charge in [0, 0.05) is 18.7 Å². The molecule has 1 amide bonds. The summed E-state index contributed by atoms with van der Waals surface area (Å²) in [5.74, 6) is 0.826. The van der Waals surface area contributed by atoms with E-state index in [0.29, 0.717) is 17.7 Å². The van der Waals surface area contributed by atoms with E-state index in [2.05, 4.69) is 23.2 Å². The number of hydrogen-bond acceptors (Lipinski definition) is 3. The number of carbonyl (C=O) groups excluding carboxylic acids is 1. The molecule has 0 aliphatic carbocycles. The highest BCUT2D eigenvalue weighted by atomic mass is 16.1. The van der Waals surface area contributed by atoms with Crippen molar-refractivity contribution in [1.29, 1.82) is 5.26 Å². The van der Waals surface area contributed by atoms with Crippen LogP contribution in [-0.4, -0.2) is 30.4 Å². The second-order valence-corrected chi connectivity index (χ2v) is 5.51. The molecule has 1 aromatic carbocycles. The van der Waals surface area contributed by atoms with Gasteiger partial charge in [-0.2, -0.15) is 5.26 Å². The zero-order valence-corrected chi connectivity index (χ0v) is 11.9. The lowest BCUT2D eigenvalue weighted by atomic mass is 9.99. The van der Waals surface area contributed by atoms with Gasteiger partial charge in [0.1, 0.15) is 0 Å². The van der Waals surface area contributed by atoms with Crippen molar-refractivity contribution in [2.24, 2.45) is 5.92 Å². The highest BCUT2D eigenvalue weighted by Gasteiger charge is 2.16. The van der Waals surface area contributed by atoms with Crippen molar-refractivity contribution in [3.05, 3.63) is 29.8 Å². The van der Waals surface area contributed by atoms with Crippen LogP contribution in [-0.2, 0) is 4.79 Å². The summed E-state index contributed by atoms with van der Waals surface area (Å²) in [6.45, 7) is 5.29. The number of carbonyl (C=O) groups is 1. The van der Waals surface area contributed by atoms with E-state index in [0.717, 1.165) is 25.6 Å². The highest BCUT2D eigenvalue weighted by molar-refractivity contribution is 5.90. The lowest BCUT2D eigenvalue weighted by Crippen LogP contribution is -2.35. The van der Waals surface area contributed by atoms with E-state index >= 15 is 0 Å². The molecule has 0 saturated carbocycles. The van der Waals surface area contributed by atoms with Gasteiger partial charge in [0.25, 0.3) is 0 Å². The topological polar surface area (TPSA) is 56.1 Å². The maximum absolute atomic E-state index is 11.9. The Bertz CT molecular complexity index is 499. The van der Waals surface area contributed by atoms with Crippen LogP contribution in [0.5, 0.6) is 0 Å². The summed E-state index contributed by atoms with van der Waals surface area (Å²) in [6.07, 6.45) is 2.96. The molecule has 1 aliphatic rings. The van der Waals surface area contributed by atoms with Gasteiger partial charge in [0.05, 0.1) is 11.6 Å². The number of piperidine rings is 1. The SMILES string of the molecule is CC1CCN(CCC(=O)Nc2cccc(C#N)c2)CC1. The third-order valence-corrected chi connectivity index (χ3v) is 3.81. The van der Waals surface area contributed by atoms with Crippen LogP contribution in [0.1, 0.15) is 31.7 Å². The lowest BCUT2D eigenvalue weighted by Gasteiger charge is -2.29. The van der Waals surface area contributed by atoms with Gasteiger partial charge in [0.15, 0.2) is 0 Å². The Balaban J connectivity index is 1.76. The van der Waals surface area contributed by atoms with Crippen LogP contribution in [0.4, 0.5) is 5.69 Å². The first-order chi connectivity index (χ1) is 9.67. The normalized spacial score (nSPS) is 16.6. The fraction of sp³-hybridized carbons (Fsp3) is 0.500. The Kier molecular flexibility index (Phi) is 5.14. The number of nitrogens with one attached hydrogen (secondary N) is 1. The number of anilines is 1. The summed E-state index contributed by atoms with van der Waals surface area (Å²) in [4.78, 5) is 14.3. The zero-order valence-electron chi connectivity index (χ0n) is 11.9. The molecule has 2 rings (SSSR count). The first kappa shape index (κ1) is 14.5. The number of amides is 1. The maximum atomic E-state index is 11.9. The molecule has 4 nitrogen and oxygen atoms in total. The average Bonchev–Trinajstić information content (AvgIpc) is 2.47. The predicted octanol–water partition coefficient (Wildman–Crippen LogP) is 2.62. The first-order valence-corrected chi connectivity index (χ1v) is 7.20. The van der Waals surface area contributed by atoms with Gasteiger partial charge in [-0.25, -0.2) is 0 Å². The maximum Gasteiger partial charge on any atom is 0.225 e. The lowest BCUT2D eigenvalue weighted by molar-refractivity contribution is -0.116. The summed E-state index contributed by atoms with van der Waals surface area (Å²) in [6, 6.07) is 9.08. The van der Waals surface area contributed by atoms with Gasteiger partial charge >= 0.3 is 0 Å². The number of nitrogens with zero attached hydrogens (tertiary/aromatic N) is 2. The molecule has 0 spiro atoms. The number of benzene rings is 1. The van der Waals surface area contributed by atoms with Crippen LogP contribution in [0.2, 0.25) is 0 Å². The molecular formula is C16H21N3O. The van der Waals surface area contributed by atoms with Crippen molar-refractivity contribution in [2.45, 2.75) is 26.2 Å². The van der Waals surface area contributed by atoms with Crippen LogP contribution in [0, 0.1) is 17.2 Å². The number of hydrogen-bond donors (Lipinski definition) is 1. The molecule has 106 valence electrons. The number of nitriles is 1. The Labute approximate surface area is 120 Å². The summed E-state index contributed by atoms with van der Waals surface area (Å²) in [5, 5.41) is 11.7. The average molecular weight is 271 g/mol. The van der Waals surface area contributed by atoms with Gasteiger partial charge in [0.2, 0.25) is 5.91 Å². The smallest absolute Gasteiger partial charge is 0.225 e. The van der Waals surface area contributed by atoms with Gasteiger partial charge in [-0.05, 0) is 50.0 Å². The fourth-order valence-electron chi connectivity index (χ4n) is 2.44. The molecule has 0 radical (unpaired) electrons. The molecule has 1 aromatic rings. The van der Waals surface area contributed by atoms with Crippen molar-refractivity contribution in [3.63, 3.8) is 0 Å². The molecular weight excluding hydrogens is 250 g/mol. The van der Waals surface area contributed by atoms with Crippen molar-refractivity contribution >= 4 is 11.6 Å². The van der Waals surface area contributed by atoms with Crippen molar-refractivity contribution in [2.75, 3.05) is 25.0 Å². The molecule has 1 aliphatic heterocycles. The summed E-state index contributed by atoms with van der Waals surface area (Å²) in [7, 11) is 0. The van der Waals surface area contributed by atoms with Crippen LogP contribution in [0.25, 0.3) is 0 Å². The van der Waals surface area contributed by atoms with Gasteiger partial charge in [-0.15, -0.1) is 0 Å². The van der Waals surface area contributed by atoms with Crippen molar-refractivity contribution in [1.82, 2.24) is 4.90 Å². The monoisotopic (exact) mass is 271 g/mol. The van der Waals surface area contributed by atoms with Crippen molar-refractivity contribution in [3.8, 4) is 6.07 Å². The minimum atomic E-state index is 0.0127. The molecule has 0 aromatic heterocycles. The standard InChI is InChI=1S/C16H21N3O/c1-13-5-8-19(9-6-13)10-7-16(20)18-15-4-2-3-14(11-15)12-17/h2-4,11,13H,5-10H2,1H3,(H,18,20). The fourth-order valence-corrected chi connectivity index (χ4v) is 2.44. The molecule has 1 N–H and O–H groups in total. The molecule has 20 heavy (non-hydrogen) atoms. The Morgan fingerprint density at radius 1 is 1.45 bits per heavy atom. The van der Waals surface area contributed by atoms with Crippen LogP contribution < -0.4 is 5.32 Å². The molecule has 1 fully saturated rings. The van der Waals surface area contributed by atoms with Crippen LogP contribution in [0.3, 0.4) is 0 Å². The summed E-state index contributed by atoms with van der Waals surface area (Å²) in [5.41, 5.74) is 1.26. The van der Waals surface area contributed by atoms with Crippen molar-refractivity contribution < 1.29 is 4.79 Å². The predicted molar refractivity (Wildman–Crippen MR) is 79.2 cm³/mol. The summed E-state index contributed by atoms with van der Waals surface area (Å²) >= 11 is 0. The second-order valence-electron chi connectivity index (χ2n) is 5.51.